The fourth-order valence-electron chi connectivity index (χ4n) is 2.71. The number of nitrogens with one attached hydrogen (secondary N) is 1. The highest BCUT2D eigenvalue weighted by Crippen LogP contribution is 2.40. The lowest BCUT2D eigenvalue weighted by Crippen LogP contribution is -2.65. The molecule has 0 aliphatic carbocycles. The summed E-state index contributed by atoms with van der Waals surface area (Å²) in [6, 6.07) is 0.243. The van der Waals surface area contributed by atoms with E-state index in [4.69, 9.17) is 37.1 Å². The number of amides is 1. The van der Waals surface area contributed by atoms with Gasteiger partial charge in [0.2, 0.25) is 12.2 Å². The van der Waals surface area contributed by atoms with Gasteiger partial charge in [0.15, 0.2) is 5.58 Å². The van der Waals surface area contributed by atoms with Crippen LogP contribution in [0.15, 0.2) is 15.3 Å². The van der Waals surface area contributed by atoms with Crippen LogP contribution in [0.4, 0.5) is 0 Å². The summed E-state index contributed by atoms with van der Waals surface area (Å²) in [7, 11) is 0. The Morgan fingerprint density at radius 2 is 2.04 bits per heavy atom. The van der Waals surface area contributed by atoms with Crippen molar-refractivity contribution >= 4 is 50.7 Å². The van der Waals surface area contributed by atoms with Crippen LogP contribution in [0.2, 0.25) is 10.0 Å². The molecule has 4 N–H and O–H groups in total. The number of fused-ring (bicyclic) bond motifs is 1. The van der Waals surface area contributed by atoms with E-state index in [-0.39, 0.29) is 21.4 Å². The standard InChI is InChI=1S/C15H15Cl2NO8S/c1-4(20)18-10-12(22)11(21)6(3-19)25-14(10)24-5-2-7-13(9(17)8(5)16)26-15(23)27-7/h2,6,10-12,14,19,21-22H,3H2,1H3,(H,18,20)/t6-,10-,11+,12+,14-/m0/s1. The van der Waals surface area contributed by atoms with Crippen molar-refractivity contribution in [1.29, 1.82) is 0 Å². The van der Waals surface area contributed by atoms with Gasteiger partial charge in [-0.1, -0.05) is 34.5 Å². The van der Waals surface area contributed by atoms with Crippen molar-refractivity contribution in [3.63, 3.8) is 0 Å². The third kappa shape index (κ3) is 3.92. The molecule has 0 saturated carbocycles. The van der Waals surface area contributed by atoms with E-state index in [1.165, 1.54) is 13.0 Å². The number of halogens is 2. The van der Waals surface area contributed by atoms with E-state index >= 15 is 0 Å². The number of carbonyl (C=O) groups is 1. The summed E-state index contributed by atoms with van der Waals surface area (Å²) in [5.41, 5.74) is 0.107. The van der Waals surface area contributed by atoms with Gasteiger partial charge in [0.1, 0.15) is 40.1 Å². The van der Waals surface area contributed by atoms with E-state index in [1.54, 1.807) is 0 Å². The van der Waals surface area contributed by atoms with Crippen molar-refractivity contribution in [2.75, 3.05) is 6.61 Å². The molecule has 9 nitrogen and oxygen atoms in total. The highest BCUT2D eigenvalue weighted by molar-refractivity contribution is 7.16. The number of ether oxygens (including phenoxy) is 2. The van der Waals surface area contributed by atoms with E-state index in [1.807, 2.05) is 0 Å². The van der Waals surface area contributed by atoms with Crippen LogP contribution in [0.5, 0.6) is 5.75 Å². The minimum Gasteiger partial charge on any atom is -0.461 e. The molecule has 0 radical (unpaired) electrons. The molecule has 1 aliphatic heterocycles. The van der Waals surface area contributed by atoms with Crippen LogP contribution in [-0.4, -0.2) is 58.5 Å². The van der Waals surface area contributed by atoms with Crippen LogP contribution in [0.25, 0.3) is 10.3 Å². The third-order valence-electron chi connectivity index (χ3n) is 3.97. The summed E-state index contributed by atoms with van der Waals surface area (Å²) in [5, 5.41) is 32.0. The molecule has 1 saturated heterocycles. The number of rotatable bonds is 4. The molecule has 1 fully saturated rings. The quantitative estimate of drug-likeness (QED) is 0.539. The number of carbonyl (C=O) groups excluding carboxylic acids is 1. The van der Waals surface area contributed by atoms with Crippen LogP contribution in [-0.2, 0) is 9.53 Å². The zero-order valence-corrected chi connectivity index (χ0v) is 16.0. The van der Waals surface area contributed by atoms with Gasteiger partial charge in [-0.15, -0.1) is 0 Å². The average Bonchev–Trinajstić information content (AvgIpc) is 2.99. The molecule has 0 unspecified atom stereocenters. The van der Waals surface area contributed by atoms with Gasteiger partial charge in [0.25, 0.3) is 0 Å². The van der Waals surface area contributed by atoms with Crippen molar-refractivity contribution in [2.24, 2.45) is 0 Å². The molecule has 0 spiro atoms. The fourth-order valence-corrected chi connectivity index (χ4v) is 3.89. The molecule has 27 heavy (non-hydrogen) atoms. The predicted molar refractivity (Wildman–Crippen MR) is 96.4 cm³/mol. The maximum Gasteiger partial charge on any atom is 0.396 e. The number of aliphatic hydroxyl groups excluding tert-OH is 3. The molecule has 2 heterocycles. The first-order chi connectivity index (χ1) is 12.7. The summed E-state index contributed by atoms with van der Waals surface area (Å²) < 4.78 is 16.5. The highest BCUT2D eigenvalue weighted by Gasteiger charge is 2.46. The SMILES string of the molecule is CC(=O)N[C@@H]1[C@@H](Oc2cc3sc(=O)oc3c(Cl)c2Cl)O[C@@H](CO)[C@@H](O)[C@@H]1O. The zero-order valence-electron chi connectivity index (χ0n) is 13.7. The van der Waals surface area contributed by atoms with Gasteiger partial charge in [0, 0.05) is 13.0 Å². The van der Waals surface area contributed by atoms with E-state index in [9.17, 15) is 24.9 Å². The maximum absolute atomic E-state index is 11.5. The molecule has 5 atom stereocenters. The molecule has 0 bridgehead atoms. The number of hydrogen-bond donors (Lipinski definition) is 4. The van der Waals surface area contributed by atoms with Crippen LogP contribution in [0.3, 0.4) is 0 Å². The topological polar surface area (TPSA) is 138 Å². The minimum atomic E-state index is -1.48. The first-order valence-electron chi connectivity index (χ1n) is 7.70. The van der Waals surface area contributed by atoms with Crippen LogP contribution >= 0.6 is 34.5 Å². The minimum absolute atomic E-state index is 0.00634. The van der Waals surface area contributed by atoms with E-state index < -0.39 is 48.1 Å². The molecule has 2 aromatic rings. The highest BCUT2D eigenvalue weighted by atomic mass is 35.5. The van der Waals surface area contributed by atoms with Gasteiger partial charge in [-0.05, 0) is 0 Å². The lowest BCUT2D eigenvalue weighted by atomic mass is 9.97. The Morgan fingerprint density at radius 3 is 2.67 bits per heavy atom. The van der Waals surface area contributed by atoms with Gasteiger partial charge in [-0.3, -0.25) is 4.79 Å². The first kappa shape index (κ1) is 20.3. The average molecular weight is 440 g/mol. The lowest BCUT2D eigenvalue weighted by Gasteiger charge is -2.42. The van der Waals surface area contributed by atoms with Gasteiger partial charge in [-0.25, -0.2) is 4.79 Å². The molecule has 3 rings (SSSR count). The number of hydrogen-bond acceptors (Lipinski definition) is 9. The van der Waals surface area contributed by atoms with Gasteiger partial charge in [-0.2, -0.15) is 0 Å². The second-order valence-corrected chi connectivity index (χ2v) is 7.57. The van der Waals surface area contributed by atoms with E-state index in [0.29, 0.717) is 4.70 Å². The van der Waals surface area contributed by atoms with Gasteiger partial charge >= 0.3 is 4.94 Å². The lowest BCUT2D eigenvalue weighted by molar-refractivity contribution is -0.244. The molecular weight excluding hydrogens is 425 g/mol. The van der Waals surface area contributed by atoms with Crippen molar-refractivity contribution in [3.05, 3.63) is 25.8 Å². The molecular formula is C15H15Cl2NO8S. The summed E-state index contributed by atoms with van der Waals surface area (Å²) in [6.07, 6.45) is -5.39. The van der Waals surface area contributed by atoms with Gasteiger partial charge in [0.05, 0.1) is 11.3 Å². The summed E-state index contributed by atoms with van der Waals surface area (Å²) >= 11 is 13.1. The second kappa shape index (κ2) is 7.92. The maximum atomic E-state index is 11.5. The van der Waals surface area contributed by atoms with Crippen molar-refractivity contribution in [1.82, 2.24) is 5.32 Å². The molecule has 1 aromatic heterocycles. The normalized spacial score (nSPS) is 28.3. The van der Waals surface area contributed by atoms with Crippen molar-refractivity contribution in [2.45, 2.75) is 37.6 Å². The van der Waals surface area contributed by atoms with Crippen molar-refractivity contribution in [3.8, 4) is 5.75 Å². The zero-order chi connectivity index (χ0) is 19.9. The largest absolute Gasteiger partial charge is 0.461 e. The molecule has 148 valence electrons. The summed E-state index contributed by atoms with van der Waals surface area (Å²) in [6.45, 7) is 0.620. The smallest absolute Gasteiger partial charge is 0.396 e. The predicted octanol–water partition coefficient (Wildman–Crippen LogP) is 0.484. The Hall–Kier alpha value is -1.40. The monoisotopic (exact) mass is 439 g/mol. The van der Waals surface area contributed by atoms with Crippen LogP contribution in [0.1, 0.15) is 6.92 Å². The Labute approximate surface area is 166 Å². The van der Waals surface area contributed by atoms with Crippen LogP contribution in [0, 0.1) is 0 Å². The fraction of sp³-hybridized carbons (Fsp3) is 0.467. The summed E-state index contributed by atoms with van der Waals surface area (Å²) in [4.78, 5) is 22.3. The molecule has 1 amide bonds. The Morgan fingerprint density at radius 1 is 1.33 bits per heavy atom. The third-order valence-corrected chi connectivity index (χ3v) is 5.57. The second-order valence-electron chi connectivity index (χ2n) is 5.83. The Balaban J connectivity index is 1.97. The Bertz CT molecular complexity index is 915. The number of benzene rings is 1. The molecule has 12 heteroatoms. The van der Waals surface area contributed by atoms with Gasteiger partial charge < -0.3 is 34.5 Å². The number of aliphatic hydroxyl groups is 3. The first-order valence-corrected chi connectivity index (χ1v) is 9.28. The molecule has 1 aromatic carbocycles. The Kier molecular flexibility index (Phi) is 5.96. The van der Waals surface area contributed by atoms with E-state index in [0.717, 1.165) is 11.3 Å². The van der Waals surface area contributed by atoms with Crippen molar-refractivity contribution < 1.29 is 34.0 Å². The van der Waals surface area contributed by atoms with Crippen LogP contribution < -0.4 is 15.0 Å². The molecule has 1 aliphatic rings. The van der Waals surface area contributed by atoms with E-state index in [2.05, 4.69) is 5.32 Å². The summed E-state index contributed by atoms with van der Waals surface area (Å²) in [5.74, 6) is -0.495.